The van der Waals surface area contributed by atoms with Crippen molar-refractivity contribution in [3.63, 3.8) is 0 Å². The standard InChI is InChI=1S/C21H19N3OS/c1-15-22-9-10-24(15)14-17-6-4-5-16(11-17)13-23-21(25)20-12-18-7-2-3-8-19(18)26-20/h2-12H,13-14H2,1H3,(H,23,25). The highest BCUT2D eigenvalue weighted by molar-refractivity contribution is 7.20. The summed E-state index contributed by atoms with van der Waals surface area (Å²) in [6, 6.07) is 18.3. The van der Waals surface area contributed by atoms with Crippen molar-refractivity contribution in [3.05, 3.63) is 88.8 Å². The number of hydrogen-bond donors (Lipinski definition) is 1. The number of imidazole rings is 1. The van der Waals surface area contributed by atoms with Crippen LogP contribution >= 0.6 is 11.3 Å². The molecule has 0 saturated heterocycles. The van der Waals surface area contributed by atoms with Crippen LogP contribution in [0.2, 0.25) is 0 Å². The van der Waals surface area contributed by atoms with Crippen molar-refractivity contribution in [1.82, 2.24) is 14.9 Å². The fourth-order valence-electron chi connectivity index (χ4n) is 2.97. The summed E-state index contributed by atoms with van der Waals surface area (Å²) in [5.41, 5.74) is 2.29. The number of amides is 1. The maximum absolute atomic E-state index is 12.5. The maximum atomic E-state index is 12.5. The van der Waals surface area contributed by atoms with E-state index < -0.39 is 0 Å². The molecule has 0 aliphatic rings. The summed E-state index contributed by atoms with van der Waals surface area (Å²) in [4.78, 5) is 17.5. The third-order valence-electron chi connectivity index (χ3n) is 4.37. The molecule has 0 radical (unpaired) electrons. The molecule has 1 N–H and O–H groups in total. The van der Waals surface area contributed by atoms with Crippen LogP contribution in [-0.2, 0) is 13.1 Å². The number of nitrogens with zero attached hydrogens (tertiary/aromatic N) is 2. The molecule has 2 aromatic carbocycles. The van der Waals surface area contributed by atoms with Crippen LogP contribution in [0.3, 0.4) is 0 Å². The zero-order valence-corrected chi connectivity index (χ0v) is 15.3. The second-order valence-electron chi connectivity index (χ2n) is 6.25. The Hall–Kier alpha value is -2.92. The molecule has 5 heteroatoms. The lowest BCUT2D eigenvalue weighted by atomic mass is 10.1. The van der Waals surface area contributed by atoms with Gasteiger partial charge >= 0.3 is 0 Å². The number of carbonyl (C=O) groups excluding carboxylic acids is 1. The van der Waals surface area contributed by atoms with Crippen LogP contribution in [0.4, 0.5) is 0 Å². The Bertz CT molecular complexity index is 1030. The van der Waals surface area contributed by atoms with Crippen molar-refractivity contribution in [1.29, 1.82) is 0 Å². The average molecular weight is 361 g/mol. The highest BCUT2D eigenvalue weighted by Gasteiger charge is 2.10. The minimum absolute atomic E-state index is 0.0259. The number of fused-ring (bicyclic) bond motifs is 1. The molecule has 0 aliphatic heterocycles. The summed E-state index contributed by atoms with van der Waals surface area (Å²) in [5, 5.41) is 4.14. The average Bonchev–Trinajstić information content (AvgIpc) is 3.26. The largest absolute Gasteiger partial charge is 0.347 e. The van der Waals surface area contributed by atoms with Gasteiger partial charge in [0.05, 0.1) is 4.88 Å². The smallest absolute Gasteiger partial charge is 0.261 e. The van der Waals surface area contributed by atoms with Gasteiger partial charge < -0.3 is 9.88 Å². The Kier molecular flexibility index (Phi) is 4.54. The van der Waals surface area contributed by atoms with Gasteiger partial charge in [0.15, 0.2) is 0 Å². The first-order valence-corrected chi connectivity index (χ1v) is 9.33. The predicted molar refractivity (Wildman–Crippen MR) is 106 cm³/mol. The quantitative estimate of drug-likeness (QED) is 0.573. The minimum atomic E-state index is -0.0259. The van der Waals surface area contributed by atoms with Crippen LogP contribution in [-0.4, -0.2) is 15.5 Å². The molecule has 0 atom stereocenters. The zero-order chi connectivity index (χ0) is 17.9. The molecule has 4 rings (SSSR count). The van der Waals surface area contributed by atoms with Gasteiger partial charge in [0.25, 0.3) is 5.91 Å². The molecule has 4 aromatic rings. The molecular weight excluding hydrogens is 342 g/mol. The van der Waals surface area contributed by atoms with Crippen LogP contribution in [0.1, 0.15) is 26.6 Å². The molecule has 130 valence electrons. The minimum Gasteiger partial charge on any atom is -0.347 e. The van der Waals surface area contributed by atoms with Gasteiger partial charge in [-0.1, -0.05) is 42.5 Å². The van der Waals surface area contributed by atoms with E-state index in [2.05, 4.69) is 27.0 Å². The molecule has 2 aromatic heterocycles. The van der Waals surface area contributed by atoms with Gasteiger partial charge in [-0.3, -0.25) is 4.79 Å². The summed E-state index contributed by atoms with van der Waals surface area (Å²) in [6.07, 6.45) is 3.79. The second kappa shape index (κ2) is 7.14. The van der Waals surface area contributed by atoms with Gasteiger partial charge in [0.1, 0.15) is 5.82 Å². The summed E-state index contributed by atoms with van der Waals surface area (Å²) in [6.45, 7) is 3.29. The monoisotopic (exact) mass is 361 g/mol. The topological polar surface area (TPSA) is 46.9 Å². The van der Waals surface area contributed by atoms with E-state index in [1.807, 2.05) is 61.8 Å². The first-order chi connectivity index (χ1) is 12.7. The van der Waals surface area contributed by atoms with E-state index in [0.29, 0.717) is 6.54 Å². The number of carbonyl (C=O) groups is 1. The van der Waals surface area contributed by atoms with Gasteiger partial charge in [-0.2, -0.15) is 0 Å². The third kappa shape index (κ3) is 3.53. The number of aromatic nitrogens is 2. The number of hydrogen-bond acceptors (Lipinski definition) is 3. The molecule has 2 heterocycles. The van der Waals surface area contributed by atoms with Crippen molar-refractivity contribution < 1.29 is 4.79 Å². The molecule has 0 unspecified atom stereocenters. The van der Waals surface area contributed by atoms with Crippen molar-refractivity contribution in [2.45, 2.75) is 20.0 Å². The zero-order valence-electron chi connectivity index (χ0n) is 14.5. The van der Waals surface area contributed by atoms with E-state index in [0.717, 1.165) is 32.9 Å². The Morgan fingerprint density at radius 3 is 2.77 bits per heavy atom. The number of aryl methyl sites for hydroxylation is 1. The molecule has 0 fully saturated rings. The summed E-state index contributed by atoms with van der Waals surface area (Å²) in [7, 11) is 0. The lowest BCUT2D eigenvalue weighted by Gasteiger charge is -2.08. The van der Waals surface area contributed by atoms with Crippen LogP contribution in [0, 0.1) is 6.92 Å². The van der Waals surface area contributed by atoms with Gasteiger partial charge in [-0.15, -0.1) is 11.3 Å². The fraction of sp³-hybridized carbons (Fsp3) is 0.143. The van der Waals surface area contributed by atoms with Crippen LogP contribution < -0.4 is 5.32 Å². The SMILES string of the molecule is Cc1nccn1Cc1cccc(CNC(=O)c2cc3ccccc3s2)c1. The Labute approximate surface area is 156 Å². The first-order valence-electron chi connectivity index (χ1n) is 8.51. The van der Waals surface area contributed by atoms with Crippen LogP contribution in [0.15, 0.2) is 67.0 Å². The Morgan fingerprint density at radius 2 is 1.96 bits per heavy atom. The lowest BCUT2D eigenvalue weighted by Crippen LogP contribution is -2.21. The van der Waals surface area contributed by atoms with Crippen molar-refractivity contribution in [2.75, 3.05) is 0 Å². The normalized spacial score (nSPS) is 11.0. The number of rotatable bonds is 5. The van der Waals surface area contributed by atoms with Gasteiger partial charge in [0.2, 0.25) is 0 Å². The highest BCUT2D eigenvalue weighted by Crippen LogP contribution is 2.25. The Morgan fingerprint density at radius 1 is 1.12 bits per heavy atom. The number of benzene rings is 2. The molecule has 0 spiro atoms. The maximum Gasteiger partial charge on any atom is 0.261 e. The molecule has 0 saturated carbocycles. The molecule has 1 amide bonds. The molecule has 0 bridgehead atoms. The van der Waals surface area contributed by atoms with E-state index in [4.69, 9.17) is 0 Å². The fourth-order valence-corrected chi connectivity index (χ4v) is 3.95. The van der Waals surface area contributed by atoms with Gasteiger partial charge in [-0.05, 0) is 35.6 Å². The van der Waals surface area contributed by atoms with E-state index in [9.17, 15) is 4.79 Å². The van der Waals surface area contributed by atoms with Crippen molar-refractivity contribution in [2.24, 2.45) is 0 Å². The van der Waals surface area contributed by atoms with E-state index in [1.165, 1.54) is 16.9 Å². The van der Waals surface area contributed by atoms with Crippen LogP contribution in [0.25, 0.3) is 10.1 Å². The number of nitrogens with one attached hydrogen (secondary N) is 1. The molecule has 26 heavy (non-hydrogen) atoms. The summed E-state index contributed by atoms with van der Waals surface area (Å²) < 4.78 is 3.24. The predicted octanol–water partition coefficient (Wildman–Crippen LogP) is 4.38. The summed E-state index contributed by atoms with van der Waals surface area (Å²) in [5.74, 6) is 0.968. The third-order valence-corrected chi connectivity index (χ3v) is 5.49. The number of thiophene rings is 1. The van der Waals surface area contributed by atoms with E-state index in [1.54, 1.807) is 0 Å². The van der Waals surface area contributed by atoms with Gasteiger partial charge in [0, 0.05) is 30.2 Å². The van der Waals surface area contributed by atoms with Crippen molar-refractivity contribution >= 4 is 27.3 Å². The Balaban J connectivity index is 1.43. The second-order valence-corrected chi connectivity index (χ2v) is 7.34. The first kappa shape index (κ1) is 16.5. The molecule has 4 nitrogen and oxygen atoms in total. The lowest BCUT2D eigenvalue weighted by molar-refractivity contribution is 0.0955. The van der Waals surface area contributed by atoms with Gasteiger partial charge in [-0.25, -0.2) is 4.98 Å². The van der Waals surface area contributed by atoms with E-state index >= 15 is 0 Å². The van der Waals surface area contributed by atoms with E-state index in [-0.39, 0.29) is 5.91 Å². The molecule has 0 aliphatic carbocycles. The summed E-state index contributed by atoms with van der Waals surface area (Å²) >= 11 is 1.53. The van der Waals surface area contributed by atoms with Crippen molar-refractivity contribution in [3.8, 4) is 0 Å². The molecular formula is C21H19N3OS. The van der Waals surface area contributed by atoms with Crippen LogP contribution in [0.5, 0.6) is 0 Å². The highest BCUT2D eigenvalue weighted by atomic mass is 32.1.